The summed E-state index contributed by atoms with van der Waals surface area (Å²) in [5, 5.41) is 10.3. The molecule has 1 fully saturated rings. The highest BCUT2D eigenvalue weighted by Crippen LogP contribution is 2.38. The lowest BCUT2D eigenvalue weighted by Gasteiger charge is -2.33. The van der Waals surface area contributed by atoms with Crippen LogP contribution in [0.15, 0.2) is 77.7 Å². The normalized spacial score (nSPS) is 16.4. The van der Waals surface area contributed by atoms with Gasteiger partial charge in [-0.3, -0.25) is 4.79 Å². The van der Waals surface area contributed by atoms with Gasteiger partial charge in [0.15, 0.2) is 6.61 Å². The summed E-state index contributed by atoms with van der Waals surface area (Å²) in [5.41, 5.74) is 5.46. The Bertz CT molecular complexity index is 1840. The fourth-order valence-electron chi connectivity index (χ4n) is 5.61. The second kappa shape index (κ2) is 11.6. The number of phenols is 1. The van der Waals surface area contributed by atoms with E-state index in [9.17, 15) is 23.1 Å². The number of benzene rings is 3. The molecule has 0 radical (unpaired) electrons. The van der Waals surface area contributed by atoms with E-state index in [1.807, 2.05) is 49.4 Å². The number of rotatable bonds is 6. The summed E-state index contributed by atoms with van der Waals surface area (Å²) in [6, 6.07) is 21.0. The number of pyridine rings is 1. The molecule has 1 N–H and O–H groups in total. The van der Waals surface area contributed by atoms with Crippen LogP contribution in [0.3, 0.4) is 0 Å². The van der Waals surface area contributed by atoms with Crippen LogP contribution in [0.1, 0.15) is 39.2 Å². The number of hydrogen-bond donors (Lipinski definition) is 1. The Morgan fingerprint density at radius 3 is 2.35 bits per heavy atom. The fourth-order valence-corrected chi connectivity index (χ4v) is 7.03. The minimum Gasteiger partial charge on any atom is -0.508 e. The van der Waals surface area contributed by atoms with Gasteiger partial charge in [-0.1, -0.05) is 48.0 Å². The van der Waals surface area contributed by atoms with Gasteiger partial charge in [-0.15, -0.1) is 0 Å². The lowest BCUT2D eigenvalue weighted by atomic mass is 10.0. The third-order valence-corrected chi connectivity index (χ3v) is 9.87. The quantitative estimate of drug-likeness (QED) is 0.327. The molecule has 3 aromatic carbocycles. The van der Waals surface area contributed by atoms with E-state index < -0.39 is 22.6 Å². The number of sulfonamides is 1. The number of carbonyl (C=O) groups is 2. The summed E-state index contributed by atoms with van der Waals surface area (Å²) in [4.78, 5) is 33.2. The van der Waals surface area contributed by atoms with Crippen LogP contribution < -0.4 is 0 Å². The highest BCUT2D eigenvalue weighted by Gasteiger charge is 2.31. The van der Waals surface area contributed by atoms with Gasteiger partial charge < -0.3 is 14.7 Å². The van der Waals surface area contributed by atoms with Gasteiger partial charge in [-0.2, -0.15) is 4.31 Å². The van der Waals surface area contributed by atoms with Crippen LogP contribution in [-0.4, -0.2) is 72.4 Å². The molecule has 10 heteroatoms. The largest absolute Gasteiger partial charge is 0.508 e. The topological polar surface area (TPSA) is 117 Å². The third kappa shape index (κ3) is 5.76. The first kappa shape index (κ1) is 28.6. The van der Waals surface area contributed by atoms with Crippen molar-refractivity contribution in [2.45, 2.75) is 24.7 Å². The second-order valence-corrected chi connectivity index (χ2v) is 12.7. The highest BCUT2D eigenvalue weighted by molar-refractivity contribution is 7.89. The van der Waals surface area contributed by atoms with E-state index >= 15 is 0 Å². The molecule has 0 bridgehead atoms. The van der Waals surface area contributed by atoms with Crippen molar-refractivity contribution < 1.29 is 27.9 Å². The fraction of sp³-hybridized carbons (Fsp3) is 0.242. The molecular weight excluding hydrogens is 566 g/mol. The van der Waals surface area contributed by atoms with Crippen LogP contribution in [0.5, 0.6) is 5.75 Å². The first-order valence-corrected chi connectivity index (χ1v) is 15.6. The minimum absolute atomic E-state index is 0.161. The number of aryl methyl sites for hydroxylation is 1. The molecule has 1 aliphatic heterocycles. The van der Waals surface area contributed by atoms with E-state index in [1.165, 1.54) is 9.21 Å². The van der Waals surface area contributed by atoms with Crippen molar-refractivity contribution >= 4 is 44.5 Å². The van der Waals surface area contributed by atoms with E-state index in [4.69, 9.17) is 9.72 Å². The highest BCUT2D eigenvalue weighted by atomic mass is 32.2. The Kier molecular flexibility index (Phi) is 7.72. The number of fused-ring (bicyclic) bond motifs is 2. The Morgan fingerprint density at radius 1 is 0.930 bits per heavy atom. The molecule has 0 spiro atoms. The van der Waals surface area contributed by atoms with E-state index in [0.29, 0.717) is 29.3 Å². The molecule has 0 saturated carbocycles. The number of hydrogen-bond acceptors (Lipinski definition) is 7. The Hall–Kier alpha value is -4.54. The maximum Gasteiger partial charge on any atom is 0.339 e. The van der Waals surface area contributed by atoms with Crippen LogP contribution in [0.2, 0.25) is 0 Å². The zero-order chi connectivity index (χ0) is 30.1. The lowest BCUT2D eigenvalue weighted by molar-refractivity contribution is -0.135. The number of carbonyl (C=O) groups excluding carboxylic acids is 2. The molecule has 2 aliphatic rings. The number of phenolic OH excluding ortho intramolecular Hbond substituents is 1. The van der Waals surface area contributed by atoms with Crippen molar-refractivity contribution in [2.75, 3.05) is 32.8 Å². The molecule has 1 amide bonds. The van der Waals surface area contributed by atoms with Crippen molar-refractivity contribution in [3.8, 4) is 5.75 Å². The van der Waals surface area contributed by atoms with Gasteiger partial charge in [-0.25, -0.2) is 18.2 Å². The summed E-state index contributed by atoms with van der Waals surface area (Å²) in [6.45, 7) is 2.20. The summed E-state index contributed by atoms with van der Waals surface area (Å²) in [7, 11) is -3.65. The van der Waals surface area contributed by atoms with Gasteiger partial charge in [-0.05, 0) is 72.9 Å². The van der Waals surface area contributed by atoms with E-state index in [1.54, 1.807) is 36.4 Å². The van der Waals surface area contributed by atoms with Gasteiger partial charge in [0, 0.05) is 31.6 Å². The molecule has 6 rings (SSSR count). The molecule has 43 heavy (non-hydrogen) atoms. The van der Waals surface area contributed by atoms with Crippen LogP contribution in [-0.2, 0) is 26.0 Å². The number of aromatic nitrogens is 1. The number of piperazine rings is 1. The van der Waals surface area contributed by atoms with Gasteiger partial charge in [0.25, 0.3) is 5.91 Å². The van der Waals surface area contributed by atoms with E-state index in [2.05, 4.69) is 0 Å². The van der Waals surface area contributed by atoms with Crippen molar-refractivity contribution in [2.24, 2.45) is 0 Å². The number of esters is 1. The number of allylic oxidation sites excluding steroid dienone is 1. The number of aromatic hydroxyl groups is 1. The molecule has 1 aromatic heterocycles. The lowest BCUT2D eigenvalue weighted by Crippen LogP contribution is -2.51. The maximum absolute atomic E-state index is 13.5. The van der Waals surface area contributed by atoms with Gasteiger partial charge in [0.2, 0.25) is 10.0 Å². The molecule has 220 valence electrons. The third-order valence-electron chi connectivity index (χ3n) is 7.96. The summed E-state index contributed by atoms with van der Waals surface area (Å²) < 4.78 is 33.0. The Morgan fingerprint density at radius 2 is 1.63 bits per heavy atom. The molecule has 9 nitrogen and oxygen atoms in total. The average Bonchev–Trinajstić information content (AvgIpc) is 3.41. The summed E-state index contributed by atoms with van der Waals surface area (Å²) >= 11 is 0. The molecule has 0 atom stereocenters. The number of ether oxygens (including phenoxy) is 1. The maximum atomic E-state index is 13.5. The van der Waals surface area contributed by atoms with Gasteiger partial charge in [0.05, 0.1) is 21.7 Å². The average molecular weight is 598 g/mol. The smallest absolute Gasteiger partial charge is 0.339 e. The van der Waals surface area contributed by atoms with Crippen LogP contribution in [0.4, 0.5) is 0 Å². The molecule has 2 heterocycles. The van der Waals surface area contributed by atoms with E-state index in [0.717, 1.165) is 28.0 Å². The van der Waals surface area contributed by atoms with E-state index in [-0.39, 0.29) is 42.7 Å². The van der Waals surface area contributed by atoms with Crippen LogP contribution in [0, 0.1) is 6.92 Å². The van der Waals surface area contributed by atoms with Crippen LogP contribution >= 0.6 is 0 Å². The summed E-state index contributed by atoms with van der Waals surface area (Å²) in [6.07, 6.45) is 3.30. The molecular formula is C33H31N3O6S. The molecule has 0 unspecified atom stereocenters. The molecule has 1 aliphatic carbocycles. The molecule has 1 saturated heterocycles. The number of para-hydroxylation sites is 1. The van der Waals surface area contributed by atoms with Crippen molar-refractivity contribution in [3.05, 3.63) is 101 Å². The van der Waals surface area contributed by atoms with Crippen molar-refractivity contribution in [1.29, 1.82) is 0 Å². The monoisotopic (exact) mass is 597 g/mol. The molecule has 4 aromatic rings. The van der Waals surface area contributed by atoms with Gasteiger partial charge in [0.1, 0.15) is 5.75 Å². The van der Waals surface area contributed by atoms with Crippen molar-refractivity contribution in [1.82, 2.24) is 14.2 Å². The second-order valence-electron chi connectivity index (χ2n) is 10.8. The zero-order valence-electron chi connectivity index (χ0n) is 23.7. The SMILES string of the molecule is Cc1ccc(S(=O)(=O)N2CCN(C(=O)COC(=O)c3c4c(nc5ccccc35)/C(=C/c3ccc(O)cc3)CC4)CC2)cc1. The number of nitrogens with zero attached hydrogens (tertiary/aromatic N) is 3. The Balaban J connectivity index is 1.16. The predicted octanol–water partition coefficient (Wildman–Crippen LogP) is 4.43. The first-order chi connectivity index (χ1) is 20.7. The first-order valence-electron chi connectivity index (χ1n) is 14.1. The predicted molar refractivity (Wildman–Crippen MR) is 163 cm³/mol. The van der Waals surface area contributed by atoms with Crippen molar-refractivity contribution in [3.63, 3.8) is 0 Å². The van der Waals surface area contributed by atoms with Crippen LogP contribution in [0.25, 0.3) is 22.6 Å². The minimum atomic E-state index is -3.65. The summed E-state index contributed by atoms with van der Waals surface area (Å²) in [5.74, 6) is -0.773. The standard InChI is InChI=1S/C33H31N3O6S/c1-22-6-13-26(14-7-22)43(40,41)36-18-16-35(17-19-36)30(38)21-42-33(39)31-27-4-2-3-5-29(27)34-32-24(10-15-28(31)32)20-23-8-11-25(37)12-9-23/h2-9,11-14,20,37H,10,15-19,21H2,1H3/b24-20+. The number of amides is 1. The Labute approximate surface area is 250 Å². The zero-order valence-corrected chi connectivity index (χ0v) is 24.5. The van der Waals surface area contributed by atoms with Gasteiger partial charge >= 0.3 is 5.97 Å².